The third-order valence-corrected chi connectivity index (χ3v) is 3.14. The molecule has 1 heterocycles. The zero-order chi connectivity index (χ0) is 14.5. The first-order chi connectivity index (χ1) is 9.56. The third-order valence-electron chi connectivity index (χ3n) is 2.23. The summed E-state index contributed by atoms with van der Waals surface area (Å²) in [5.41, 5.74) is 0.409. The highest BCUT2D eigenvalue weighted by atomic mass is 32.2. The number of thioether (sulfide) groups is 1. The lowest BCUT2D eigenvalue weighted by molar-refractivity contribution is -0.384. The Kier molecular flexibility index (Phi) is 4.31. The summed E-state index contributed by atoms with van der Waals surface area (Å²) in [7, 11) is 0. The minimum atomic E-state index is -0.923. The number of rotatable bonds is 6. The molecule has 0 saturated carbocycles. The van der Waals surface area contributed by atoms with E-state index in [1.807, 2.05) is 0 Å². The van der Waals surface area contributed by atoms with Gasteiger partial charge in [-0.25, -0.2) is 0 Å². The Morgan fingerprint density at radius 1 is 1.50 bits per heavy atom. The molecule has 0 bridgehead atoms. The summed E-state index contributed by atoms with van der Waals surface area (Å²) in [5.74, 6) is -0.200. The minimum Gasteiger partial charge on any atom is -0.481 e. The van der Waals surface area contributed by atoms with Crippen LogP contribution in [0, 0.1) is 10.1 Å². The number of non-ortho nitro benzene ring substituents is 1. The first kappa shape index (κ1) is 14.0. The number of nitro groups is 1. The van der Waals surface area contributed by atoms with E-state index < -0.39 is 10.9 Å². The molecule has 0 aliphatic rings. The van der Waals surface area contributed by atoms with E-state index in [4.69, 9.17) is 9.63 Å². The summed E-state index contributed by atoms with van der Waals surface area (Å²) < 4.78 is 4.96. The van der Waals surface area contributed by atoms with Gasteiger partial charge in [-0.1, -0.05) is 17.3 Å². The molecule has 2 aromatic rings. The van der Waals surface area contributed by atoms with Crippen LogP contribution in [0.15, 0.2) is 28.8 Å². The average Bonchev–Trinajstić information content (AvgIpc) is 2.87. The molecule has 1 aromatic carbocycles. The highest BCUT2D eigenvalue weighted by molar-refractivity contribution is 7.99. The third kappa shape index (κ3) is 3.54. The first-order valence-electron chi connectivity index (χ1n) is 5.43. The number of benzene rings is 1. The Balaban J connectivity index is 2.10. The molecule has 0 amide bonds. The van der Waals surface area contributed by atoms with Crippen molar-refractivity contribution < 1.29 is 19.3 Å². The van der Waals surface area contributed by atoms with Crippen LogP contribution in [-0.2, 0) is 10.5 Å². The topological polar surface area (TPSA) is 119 Å². The van der Waals surface area contributed by atoms with E-state index >= 15 is 0 Å². The molecule has 0 unspecified atom stereocenters. The molecular formula is C11H9N3O5S. The quantitative estimate of drug-likeness (QED) is 0.634. The fraction of sp³-hybridized carbons (Fsp3) is 0.182. The average molecular weight is 295 g/mol. The molecule has 1 aromatic heterocycles. The van der Waals surface area contributed by atoms with Gasteiger partial charge < -0.3 is 9.63 Å². The van der Waals surface area contributed by atoms with Gasteiger partial charge in [-0.3, -0.25) is 14.9 Å². The number of hydrogen-bond acceptors (Lipinski definition) is 7. The van der Waals surface area contributed by atoms with Gasteiger partial charge in [-0.05, 0) is 0 Å². The maximum atomic E-state index is 10.7. The normalized spacial score (nSPS) is 10.4. The number of nitrogens with zero attached hydrogens (tertiary/aromatic N) is 3. The summed E-state index contributed by atoms with van der Waals surface area (Å²) in [4.78, 5) is 24.6. The summed E-state index contributed by atoms with van der Waals surface area (Å²) in [6, 6.07) is 5.88. The molecule has 0 saturated heterocycles. The van der Waals surface area contributed by atoms with E-state index in [1.54, 1.807) is 6.07 Å². The van der Waals surface area contributed by atoms with E-state index in [2.05, 4.69) is 10.1 Å². The fourth-order valence-corrected chi connectivity index (χ4v) is 1.98. The van der Waals surface area contributed by atoms with Gasteiger partial charge in [0, 0.05) is 17.7 Å². The van der Waals surface area contributed by atoms with Crippen molar-refractivity contribution >= 4 is 23.4 Å². The number of carbonyl (C=O) groups is 1. The van der Waals surface area contributed by atoms with Crippen molar-refractivity contribution in [1.82, 2.24) is 10.1 Å². The second kappa shape index (κ2) is 6.15. The maximum absolute atomic E-state index is 10.7. The summed E-state index contributed by atoms with van der Waals surface area (Å²) in [5, 5.41) is 22.9. The molecule has 0 radical (unpaired) electrons. The van der Waals surface area contributed by atoms with Gasteiger partial charge in [-0.15, -0.1) is 11.8 Å². The number of aromatic nitrogens is 2. The van der Waals surface area contributed by atoms with Crippen LogP contribution in [-0.4, -0.2) is 31.9 Å². The van der Waals surface area contributed by atoms with Gasteiger partial charge in [-0.2, -0.15) is 4.98 Å². The Morgan fingerprint density at radius 3 is 3.00 bits per heavy atom. The fourth-order valence-electron chi connectivity index (χ4n) is 1.41. The van der Waals surface area contributed by atoms with Gasteiger partial charge >= 0.3 is 5.97 Å². The maximum Gasteiger partial charge on any atom is 0.313 e. The molecule has 104 valence electrons. The van der Waals surface area contributed by atoms with Crippen LogP contribution in [0.2, 0.25) is 0 Å². The Hall–Kier alpha value is -2.42. The lowest BCUT2D eigenvalue weighted by Crippen LogP contribution is -1.98. The first-order valence-corrected chi connectivity index (χ1v) is 6.58. The zero-order valence-corrected chi connectivity index (χ0v) is 10.9. The highest BCUT2D eigenvalue weighted by Gasteiger charge is 2.12. The van der Waals surface area contributed by atoms with Gasteiger partial charge in [0.2, 0.25) is 11.7 Å². The van der Waals surface area contributed by atoms with Gasteiger partial charge in [0.1, 0.15) is 0 Å². The van der Waals surface area contributed by atoms with Crippen LogP contribution in [0.25, 0.3) is 11.4 Å². The largest absolute Gasteiger partial charge is 0.481 e. The second-order valence-electron chi connectivity index (χ2n) is 3.71. The van der Waals surface area contributed by atoms with Crippen molar-refractivity contribution in [2.75, 3.05) is 5.75 Å². The van der Waals surface area contributed by atoms with E-state index in [0.717, 1.165) is 11.8 Å². The minimum absolute atomic E-state index is 0.0610. The summed E-state index contributed by atoms with van der Waals surface area (Å²) >= 11 is 1.13. The van der Waals surface area contributed by atoms with Crippen LogP contribution in [0.1, 0.15) is 5.89 Å². The van der Waals surface area contributed by atoms with Crippen molar-refractivity contribution in [2.24, 2.45) is 0 Å². The van der Waals surface area contributed by atoms with Crippen LogP contribution in [0.3, 0.4) is 0 Å². The summed E-state index contributed by atoms with van der Waals surface area (Å²) in [6.45, 7) is 0. The molecule has 0 aliphatic carbocycles. The van der Waals surface area contributed by atoms with Crippen LogP contribution in [0.4, 0.5) is 5.69 Å². The molecule has 0 fully saturated rings. The van der Waals surface area contributed by atoms with E-state index in [0.29, 0.717) is 5.56 Å². The smallest absolute Gasteiger partial charge is 0.313 e. The molecule has 2 rings (SSSR count). The van der Waals surface area contributed by atoms with Gasteiger partial charge in [0.15, 0.2) is 0 Å². The van der Waals surface area contributed by atoms with Crippen LogP contribution in [0.5, 0.6) is 0 Å². The predicted octanol–water partition coefficient (Wildman–Crippen LogP) is 1.96. The van der Waals surface area contributed by atoms with Crippen LogP contribution < -0.4 is 0 Å². The van der Waals surface area contributed by atoms with Crippen molar-refractivity contribution in [3.05, 3.63) is 40.3 Å². The van der Waals surface area contributed by atoms with Crippen molar-refractivity contribution in [2.45, 2.75) is 5.75 Å². The number of hydrogen-bond donors (Lipinski definition) is 1. The van der Waals surface area contributed by atoms with Gasteiger partial charge in [0.25, 0.3) is 5.69 Å². The SMILES string of the molecule is O=C(O)CSCc1nc(-c2cccc([N+](=O)[O-])c2)no1. The van der Waals surface area contributed by atoms with Crippen LogP contribution >= 0.6 is 11.8 Å². The van der Waals surface area contributed by atoms with E-state index in [9.17, 15) is 14.9 Å². The Bertz CT molecular complexity index is 642. The van der Waals surface area contributed by atoms with Gasteiger partial charge in [0.05, 0.1) is 16.4 Å². The molecule has 20 heavy (non-hydrogen) atoms. The molecule has 0 aliphatic heterocycles. The predicted molar refractivity (Wildman–Crippen MR) is 70.2 cm³/mol. The van der Waals surface area contributed by atoms with Crippen molar-refractivity contribution in [1.29, 1.82) is 0 Å². The number of carboxylic acid groups (broad SMARTS) is 1. The number of aliphatic carboxylic acids is 1. The van der Waals surface area contributed by atoms with E-state index in [1.165, 1.54) is 18.2 Å². The standard InChI is InChI=1S/C11H9N3O5S/c15-10(16)6-20-5-9-12-11(13-19-9)7-2-1-3-8(4-7)14(17)18/h1-4H,5-6H2,(H,15,16). The Labute approximate surface area is 117 Å². The second-order valence-corrected chi connectivity index (χ2v) is 4.69. The van der Waals surface area contributed by atoms with Crippen molar-refractivity contribution in [3.63, 3.8) is 0 Å². The number of nitro benzene ring substituents is 1. The molecule has 9 heteroatoms. The monoisotopic (exact) mass is 295 g/mol. The Morgan fingerprint density at radius 2 is 2.30 bits per heavy atom. The van der Waals surface area contributed by atoms with E-state index in [-0.39, 0.29) is 28.9 Å². The zero-order valence-electron chi connectivity index (χ0n) is 10.1. The lowest BCUT2D eigenvalue weighted by Gasteiger charge is -1.94. The van der Waals surface area contributed by atoms with Crippen molar-refractivity contribution in [3.8, 4) is 11.4 Å². The molecule has 1 N–H and O–H groups in total. The lowest BCUT2D eigenvalue weighted by atomic mass is 10.2. The molecule has 0 spiro atoms. The highest BCUT2D eigenvalue weighted by Crippen LogP contribution is 2.22. The molecule has 0 atom stereocenters. The number of carboxylic acids is 1. The molecule has 8 nitrogen and oxygen atoms in total. The summed E-state index contributed by atoms with van der Waals surface area (Å²) in [6.07, 6.45) is 0. The molecular weight excluding hydrogens is 286 g/mol.